The molecule has 136 valence electrons. The molecule has 0 unspecified atom stereocenters. The molecule has 1 aromatic heterocycles. The van der Waals surface area contributed by atoms with Gasteiger partial charge < -0.3 is 9.64 Å². The summed E-state index contributed by atoms with van der Waals surface area (Å²) in [7, 11) is 1.96. The van der Waals surface area contributed by atoms with Crippen LogP contribution in [-0.4, -0.2) is 30.2 Å². The fraction of sp³-hybridized carbons (Fsp3) is 0.500. The molecule has 0 spiro atoms. The lowest BCUT2D eigenvalue weighted by atomic mass is 10.0. The Balaban J connectivity index is 1.87. The number of anilines is 1. The summed E-state index contributed by atoms with van der Waals surface area (Å²) < 4.78 is 5.95. The van der Waals surface area contributed by atoms with E-state index in [9.17, 15) is 0 Å². The number of nitrogens with zero attached hydrogens (tertiary/aromatic N) is 3. The molecular weight excluding hydrogens is 334 g/mol. The van der Waals surface area contributed by atoms with Crippen molar-refractivity contribution in [2.45, 2.75) is 46.5 Å². The average Bonchev–Trinajstić information content (AvgIpc) is 2.59. The van der Waals surface area contributed by atoms with Crippen molar-refractivity contribution in [2.24, 2.45) is 0 Å². The van der Waals surface area contributed by atoms with Crippen LogP contribution < -0.4 is 9.64 Å². The van der Waals surface area contributed by atoms with E-state index >= 15 is 0 Å². The third-order valence-corrected chi connectivity index (χ3v) is 4.74. The van der Waals surface area contributed by atoms with E-state index in [0.717, 1.165) is 23.7 Å². The van der Waals surface area contributed by atoms with Crippen molar-refractivity contribution >= 4 is 17.4 Å². The standard InChI is InChI=1S/C20H28ClN3O/c1-5-6-7-8-17-9-10-18(15(2)13-17)25-12-11-24(4)20-19(21)16(3)22-14-23-20/h9-10,13-14H,5-8,11-12H2,1-4H3. The summed E-state index contributed by atoms with van der Waals surface area (Å²) in [5, 5.41) is 0.595. The summed E-state index contributed by atoms with van der Waals surface area (Å²) >= 11 is 6.27. The van der Waals surface area contributed by atoms with Crippen molar-refractivity contribution in [1.29, 1.82) is 0 Å². The van der Waals surface area contributed by atoms with E-state index in [0.29, 0.717) is 18.2 Å². The lowest BCUT2D eigenvalue weighted by Gasteiger charge is -2.20. The van der Waals surface area contributed by atoms with Crippen LogP contribution in [0, 0.1) is 13.8 Å². The molecule has 25 heavy (non-hydrogen) atoms. The Labute approximate surface area is 156 Å². The Kier molecular flexibility index (Phi) is 7.51. The van der Waals surface area contributed by atoms with E-state index in [1.165, 1.54) is 36.7 Å². The van der Waals surface area contributed by atoms with Crippen molar-refractivity contribution in [3.63, 3.8) is 0 Å². The number of unbranched alkanes of at least 4 members (excludes halogenated alkanes) is 2. The Hall–Kier alpha value is -1.81. The normalized spacial score (nSPS) is 10.8. The highest BCUT2D eigenvalue weighted by atomic mass is 35.5. The van der Waals surface area contributed by atoms with Gasteiger partial charge in [-0.2, -0.15) is 0 Å². The minimum Gasteiger partial charge on any atom is -0.491 e. The van der Waals surface area contributed by atoms with Gasteiger partial charge in [0, 0.05) is 7.05 Å². The number of aryl methyl sites for hydroxylation is 3. The predicted octanol–water partition coefficient (Wildman–Crippen LogP) is 4.99. The monoisotopic (exact) mass is 361 g/mol. The van der Waals surface area contributed by atoms with Gasteiger partial charge in [0.25, 0.3) is 0 Å². The Morgan fingerprint density at radius 3 is 2.68 bits per heavy atom. The summed E-state index contributed by atoms with van der Waals surface area (Å²) in [5.41, 5.74) is 3.36. The summed E-state index contributed by atoms with van der Waals surface area (Å²) in [6.07, 6.45) is 6.47. The van der Waals surface area contributed by atoms with Crippen LogP contribution >= 0.6 is 11.6 Å². The van der Waals surface area contributed by atoms with Crippen molar-refractivity contribution < 1.29 is 4.74 Å². The molecule has 5 heteroatoms. The highest BCUT2D eigenvalue weighted by Crippen LogP contribution is 2.24. The third kappa shape index (κ3) is 5.60. The average molecular weight is 362 g/mol. The van der Waals surface area contributed by atoms with E-state index in [-0.39, 0.29) is 0 Å². The summed E-state index contributed by atoms with van der Waals surface area (Å²) in [4.78, 5) is 10.3. The van der Waals surface area contributed by atoms with Crippen LogP contribution in [0.2, 0.25) is 5.02 Å². The van der Waals surface area contributed by atoms with Gasteiger partial charge >= 0.3 is 0 Å². The highest BCUT2D eigenvalue weighted by Gasteiger charge is 2.11. The zero-order valence-corrected chi connectivity index (χ0v) is 16.4. The Bertz CT molecular complexity index is 691. The number of aromatic nitrogens is 2. The number of ether oxygens (including phenoxy) is 1. The molecular formula is C20H28ClN3O. The maximum Gasteiger partial charge on any atom is 0.150 e. The lowest BCUT2D eigenvalue weighted by molar-refractivity contribution is 0.323. The van der Waals surface area contributed by atoms with Crippen LogP contribution in [0.5, 0.6) is 5.75 Å². The second-order valence-electron chi connectivity index (χ2n) is 6.42. The highest BCUT2D eigenvalue weighted by molar-refractivity contribution is 6.33. The number of rotatable bonds is 9. The van der Waals surface area contributed by atoms with E-state index in [2.05, 4.69) is 42.0 Å². The fourth-order valence-corrected chi connectivity index (χ4v) is 2.96. The van der Waals surface area contributed by atoms with Crippen LogP contribution in [-0.2, 0) is 6.42 Å². The van der Waals surface area contributed by atoms with Gasteiger partial charge in [0.15, 0.2) is 5.82 Å². The molecule has 0 radical (unpaired) electrons. The maximum absolute atomic E-state index is 6.27. The van der Waals surface area contributed by atoms with E-state index < -0.39 is 0 Å². The summed E-state index contributed by atoms with van der Waals surface area (Å²) in [6.45, 7) is 7.49. The van der Waals surface area contributed by atoms with Crippen LogP contribution in [0.15, 0.2) is 24.5 Å². The summed E-state index contributed by atoms with van der Waals surface area (Å²) in [6, 6.07) is 6.49. The molecule has 0 saturated carbocycles. The van der Waals surface area contributed by atoms with E-state index in [4.69, 9.17) is 16.3 Å². The quantitative estimate of drug-likeness (QED) is 0.589. The minimum absolute atomic E-state index is 0.575. The first-order chi connectivity index (χ1) is 12.0. The van der Waals surface area contributed by atoms with Crippen LogP contribution in [0.25, 0.3) is 0 Å². The third-order valence-electron chi connectivity index (χ3n) is 4.30. The Morgan fingerprint density at radius 2 is 1.96 bits per heavy atom. The molecule has 2 rings (SSSR count). The molecule has 1 heterocycles. The topological polar surface area (TPSA) is 38.2 Å². The number of benzene rings is 1. The van der Waals surface area contributed by atoms with E-state index in [1.807, 2.05) is 18.9 Å². The molecule has 0 aliphatic carbocycles. The molecule has 0 atom stereocenters. The largest absolute Gasteiger partial charge is 0.491 e. The van der Waals surface area contributed by atoms with Crippen LogP contribution in [0.3, 0.4) is 0 Å². The first kappa shape index (κ1) is 19.5. The van der Waals surface area contributed by atoms with Gasteiger partial charge in [-0.25, -0.2) is 9.97 Å². The van der Waals surface area contributed by atoms with Crippen LogP contribution in [0.1, 0.15) is 43.0 Å². The molecule has 1 aromatic carbocycles. The molecule has 0 bridgehead atoms. The molecule has 0 aliphatic heterocycles. The second kappa shape index (κ2) is 9.62. The van der Waals surface area contributed by atoms with Crippen molar-refractivity contribution in [3.05, 3.63) is 46.4 Å². The van der Waals surface area contributed by atoms with Gasteiger partial charge in [0.1, 0.15) is 23.7 Å². The number of likely N-dealkylation sites (N-methyl/N-ethyl adjacent to an activating group) is 1. The zero-order valence-electron chi connectivity index (χ0n) is 15.7. The van der Waals surface area contributed by atoms with Crippen molar-refractivity contribution in [3.8, 4) is 5.75 Å². The van der Waals surface area contributed by atoms with Gasteiger partial charge in [-0.3, -0.25) is 0 Å². The van der Waals surface area contributed by atoms with Gasteiger partial charge in [0.05, 0.1) is 12.2 Å². The number of halogens is 1. The molecule has 0 aliphatic rings. The zero-order chi connectivity index (χ0) is 18.2. The maximum atomic E-state index is 6.27. The van der Waals surface area contributed by atoms with Gasteiger partial charge in [-0.15, -0.1) is 0 Å². The Morgan fingerprint density at radius 1 is 1.16 bits per heavy atom. The van der Waals surface area contributed by atoms with Crippen molar-refractivity contribution in [1.82, 2.24) is 9.97 Å². The second-order valence-corrected chi connectivity index (χ2v) is 6.80. The first-order valence-electron chi connectivity index (χ1n) is 8.93. The van der Waals surface area contributed by atoms with E-state index in [1.54, 1.807) is 0 Å². The first-order valence-corrected chi connectivity index (χ1v) is 9.31. The van der Waals surface area contributed by atoms with Crippen LogP contribution in [0.4, 0.5) is 5.82 Å². The van der Waals surface area contributed by atoms with Gasteiger partial charge in [-0.05, 0) is 43.9 Å². The minimum atomic E-state index is 0.575. The summed E-state index contributed by atoms with van der Waals surface area (Å²) in [5.74, 6) is 1.68. The smallest absolute Gasteiger partial charge is 0.150 e. The number of hydrogen-bond donors (Lipinski definition) is 0. The van der Waals surface area contributed by atoms with Gasteiger partial charge in [-0.1, -0.05) is 43.5 Å². The molecule has 2 aromatic rings. The van der Waals surface area contributed by atoms with Gasteiger partial charge in [0.2, 0.25) is 0 Å². The SMILES string of the molecule is CCCCCc1ccc(OCCN(C)c2ncnc(C)c2Cl)c(C)c1. The van der Waals surface area contributed by atoms with Crippen molar-refractivity contribution in [2.75, 3.05) is 25.1 Å². The molecule has 4 nitrogen and oxygen atoms in total. The predicted molar refractivity (Wildman–Crippen MR) is 105 cm³/mol. The lowest BCUT2D eigenvalue weighted by Crippen LogP contribution is -2.25. The molecule has 0 N–H and O–H groups in total. The molecule has 0 amide bonds. The fourth-order valence-electron chi connectivity index (χ4n) is 2.72. The molecule has 0 saturated heterocycles. The number of hydrogen-bond acceptors (Lipinski definition) is 4. The molecule has 0 fully saturated rings.